The zero-order chi connectivity index (χ0) is 14.0. The van der Waals surface area contributed by atoms with Crippen LogP contribution in [0.2, 0.25) is 0 Å². The minimum Gasteiger partial charge on any atom is -0.478 e. The molecule has 0 amide bonds. The van der Waals surface area contributed by atoms with E-state index in [1.54, 1.807) is 12.1 Å². The van der Waals surface area contributed by atoms with E-state index in [1.165, 1.54) is 0 Å². The van der Waals surface area contributed by atoms with Crippen molar-refractivity contribution in [2.45, 2.75) is 32.7 Å². The number of anilines is 1. The number of aromatic carboxylic acids is 1. The monoisotopic (exact) mass is 263 g/mol. The van der Waals surface area contributed by atoms with E-state index in [-0.39, 0.29) is 11.6 Å². The summed E-state index contributed by atoms with van der Waals surface area (Å²) >= 11 is 0. The maximum Gasteiger partial charge on any atom is 0.339 e. The van der Waals surface area contributed by atoms with Crippen molar-refractivity contribution in [2.75, 3.05) is 18.0 Å². The standard InChI is InChI=1S/C14H21N3O2/c1-3-4-10-7-17(8-12(10)15)13-11(14(18)19)6-5-9(2)16-13/h5-6,10,12H,3-4,7-8,15H2,1-2H3,(H,18,19)/t10-,12-/m1/s1. The normalized spacial score (nSPS) is 22.8. The number of rotatable bonds is 4. The fourth-order valence-corrected chi connectivity index (χ4v) is 2.70. The Bertz CT molecular complexity index is 476. The van der Waals surface area contributed by atoms with E-state index in [9.17, 15) is 9.90 Å². The third-order valence-corrected chi connectivity index (χ3v) is 3.70. The van der Waals surface area contributed by atoms with Crippen LogP contribution in [0.3, 0.4) is 0 Å². The van der Waals surface area contributed by atoms with Gasteiger partial charge < -0.3 is 15.7 Å². The molecule has 2 heterocycles. The second kappa shape index (κ2) is 5.57. The minimum atomic E-state index is -0.935. The smallest absolute Gasteiger partial charge is 0.339 e. The van der Waals surface area contributed by atoms with Gasteiger partial charge in [-0.15, -0.1) is 0 Å². The molecule has 1 aliphatic heterocycles. The summed E-state index contributed by atoms with van der Waals surface area (Å²) in [4.78, 5) is 17.7. The molecule has 104 valence electrons. The summed E-state index contributed by atoms with van der Waals surface area (Å²) in [5.74, 6) is 0.0468. The summed E-state index contributed by atoms with van der Waals surface area (Å²) in [7, 11) is 0. The average molecular weight is 263 g/mol. The maximum atomic E-state index is 11.3. The third kappa shape index (κ3) is 2.87. The van der Waals surface area contributed by atoms with Crippen LogP contribution in [-0.2, 0) is 0 Å². The van der Waals surface area contributed by atoms with Crippen molar-refractivity contribution < 1.29 is 9.90 Å². The lowest BCUT2D eigenvalue weighted by Crippen LogP contribution is -2.30. The molecule has 2 atom stereocenters. The van der Waals surface area contributed by atoms with Crippen LogP contribution >= 0.6 is 0 Å². The van der Waals surface area contributed by atoms with Crippen molar-refractivity contribution in [1.29, 1.82) is 0 Å². The summed E-state index contributed by atoms with van der Waals surface area (Å²) in [5.41, 5.74) is 7.23. The first kappa shape index (κ1) is 13.8. The van der Waals surface area contributed by atoms with Crippen LogP contribution in [0.25, 0.3) is 0 Å². The predicted octanol–water partition coefficient (Wildman–Crippen LogP) is 1.65. The zero-order valence-electron chi connectivity index (χ0n) is 11.5. The SMILES string of the molecule is CCC[C@@H]1CN(c2nc(C)ccc2C(=O)O)C[C@H]1N. The number of carbonyl (C=O) groups is 1. The van der Waals surface area contributed by atoms with Crippen LogP contribution in [0.4, 0.5) is 5.82 Å². The maximum absolute atomic E-state index is 11.3. The highest BCUT2D eigenvalue weighted by atomic mass is 16.4. The second-order valence-corrected chi connectivity index (χ2v) is 5.25. The zero-order valence-corrected chi connectivity index (χ0v) is 11.5. The van der Waals surface area contributed by atoms with Crippen molar-refractivity contribution in [2.24, 2.45) is 11.7 Å². The van der Waals surface area contributed by atoms with Crippen LogP contribution in [-0.4, -0.2) is 35.2 Å². The lowest BCUT2D eigenvalue weighted by Gasteiger charge is -2.19. The number of nitrogens with zero attached hydrogens (tertiary/aromatic N) is 2. The van der Waals surface area contributed by atoms with Gasteiger partial charge in [-0.25, -0.2) is 9.78 Å². The third-order valence-electron chi connectivity index (χ3n) is 3.70. The van der Waals surface area contributed by atoms with Crippen molar-refractivity contribution in [3.63, 3.8) is 0 Å². The largest absolute Gasteiger partial charge is 0.478 e. The molecule has 0 aromatic carbocycles. The Balaban J connectivity index is 2.27. The molecule has 3 N–H and O–H groups in total. The number of hydrogen-bond donors (Lipinski definition) is 2. The van der Waals surface area contributed by atoms with Gasteiger partial charge in [0.25, 0.3) is 0 Å². The minimum absolute atomic E-state index is 0.101. The molecule has 0 spiro atoms. The summed E-state index contributed by atoms with van der Waals surface area (Å²) in [5, 5.41) is 9.25. The van der Waals surface area contributed by atoms with E-state index in [0.717, 1.165) is 25.1 Å². The van der Waals surface area contributed by atoms with Gasteiger partial charge in [-0.2, -0.15) is 0 Å². The van der Waals surface area contributed by atoms with Gasteiger partial charge in [0.05, 0.1) is 0 Å². The predicted molar refractivity (Wildman–Crippen MR) is 74.5 cm³/mol. The van der Waals surface area contributed by atoms with Crippen molar-refractivity contribution >= 4 is 11.8 Å². The molecule has 2 rings (SSSR count). The number of nitrogens with two attached hydrogens (primary N) is 1. The van der Waals surface area contributed by atoms with Gasteiger partial charge in [0.1, 0.15) is 11.4 Å². The van der Waals surface area contributed by atoms with Gasteiger partial charge in [-0.3, -0.25) is 0 Å². The highest BCUT2D eigenvalue weighted by Gasteiger charge is 2.32. The van der Waals surface area contributed by atoms with E-state index in [0.29, 0.717) is 18.3 Å². The van der Waals surface area contributed by atoms with Crippen LogP contribution in [0.15, 0.2) is 12.1 Å². The molecule has 1 aromatic heterocycles. The molecular weight excluding hydrogens is 242 g/mol. The molecule has 1 aromatic rings. The summed E-state index contributed by atoms with van der Waals surface area (Å²) in [6.45, 7) is 5.49. The topological polar surface area (TPSA) is 79.5 Å². The lowest BCUT2D eigenvalue weighted by atomic mass is 9.99. The molecule has 0 saturated carbocycles. The number of pyridine rings is 1. The van der Waals surface area contributed by atoms with Gasteiger partial charge in [-0.1, -0.05) is 13.3 Å². The molecule has 1 aliphatic rings. The molecule has 0 aliphatic carbocycles. The van der Waals surface area contributed by atoms with E-state index in [4.69, 9.17) is 5.73 Å². The Morgan fingerprint density at radius 2 is 2.26 bits per heavy atom. The highest BCUT2D eigenvalue weighted by Crippen LogP contribution is 2.27. The fourth-order valence-electron chi connectivity index (χ4n) is 2.70. The first-order valence-corrected chi connectivity index (χ1v) is 6.74. The fraction of sp³-hybridized carbons (Fsp3) is 0.571. The molecule has 5 heteroatoms. The molecule has 0 unspecified atom stereocenters. The van der Waals surface area contributed by atoms with Gasteiger partial charge in [0, 0.05) is 24.8 Å². The van der Waals surface area contributed by atoms with Crippen molar-refractivity contribution in [1.82, 2.24) is 4.98 Å². The Morgan fingerprint density at radius 1 is 1.53 bits per heavy atom. The van der Waals surface area contributed by atoms with Crippen LogP contribution < -0.4 is 10.6 Å². The molecule has 19 heavy (non-hydrogen) atoms. The second-order valence-electron chi connectivity index (χ2n) is 5.25. The molecule has 1 fully saturated rings. The van der Waals surface area contributed by atoms with E-state index < -0.39 is 5.97 Å². The van der Waals surface area contributed by atoms with E-state index in [1.807, 2.05) is 11.8 Å². The lowest BCUT2D eigenvalue weighted by molar-refractivity contribution is 0.0697. The molecule has 0 bridgehead atoms. The van der Waals surface area contributed by atoms with Gasteiger partial charge in [-0.05, 0) is 31.4 Å². The first-order valence-electron chi connectivity index (χ1n) is 6.74. The summed E-state index contributed by atoms with van der Waals surface area (Å²) < 4.78 is 0. The molecular formula is C14H21N3O2. The molecule has 1 saturated heterocycles. The van der Waals surface area contributed by atoms with Crippen LogP contribution in [0.1, 0.15) is 35.8 Å². The first-order chi connectivity index (χ1) is 9.02. The van der Waals surface area contributed by atoms with E-state index in [2.05, 4.69) is 11.9 Å². The Hall–Kier alpha value is -1.62. The van der Waals surface area contributed by atoms with Gasteiger partial charge >= 0.3 is 5.97 Å². The average Bonchev–Trinajstić information content (AvgIpc) is 2.71. The van der Waals surface area contributed by atoms with Crippen LogP contribution in [0.5, 0.6) is 0 Å². The number of carboxylic acids is 1. The number of aromatic nitrogens is 1. The Morgan fingerprint density at radius 3 is 2.89 bits per heavy atom. The highest BCUT2D eigenvalue weighted by molar-refractivity contribution is 5.93. The number of carboxylic acid groups (broad SMARTS) is 1. The number of hydrogen-bond acceptors (Lipinski definition) is 4. The molecule has 5 nitrogen and oxygen atoms in total. The summed E-state index contributed by atoms with van der Waals surface area (Å²) in [6, 6.07) is 3.45. The van der Waals surface area contributed by atoms with Gasteiger partial charge in [0.2, 0.25) is 0 Å². The number of aryl methyl sites for hydroxylation is 1. The van der Waals surface area contributed by atoms with E-state index >= 15 is 0 Å². The van der Waals surface area contributed by atoms with Crippen molar-refractivity contribution in [3.05, 3.63) is 23.4 Å². The van der Waals surface area contributed by atoms with Crippen molar-refractivity contribution in [3.8, 4) is 0 Å². The molecule has 0 radical (unpaired) electrons. The van der Waals surface area contributed by atoms with Gasteiger partial charge in [0.15, 0.2) is 0 Å². The Kier molecular flexibility index (Phi) is 4.04. The summed E-state index contributed by atoms with van der Waals surface area (Å²) in [6.07, 6.45) is 2.17. The Labute approximate surface area is 113 Å². The quantitative estimate of drug-likeness (QED) is 0.863. The van der Waals surface area contributed by atoms with Crippen LogP contribution in [0, 0.1) is 12.8 Å².